The lowest BCUT2D eigenvalue weighted by atomic mass is 9.81. The van der Waals surface area contributed by atoms with Crippen molar-refractivity contribution in [1.82, 2.24) is 10.3 Å². The van der Waals surface area contributed by atoms with E-state index in [2.05, 4.69) is 16.4 Å². The predicted octanol–water partition coefficient (Wildman–Crippen LogP) is 1.39. The van der Waals surface area contributed by atoms with Crippen LogP contribution in [0, 0.1) is 23.7 Å². The van der Waals surface area contributed by atoms with Gasteiger partial charge in [0.2, 0.25) is 5.91 Å². The quantitative estimate of drug-likeness (QED) is 0.896. The summed E-state index contributed by atoms with van der Waals surface area (Å²) in [6.07, 6.45) is 0.929. The molecule has 0 atom stereocenters. The van der Waals surface area contributed by atoms with Gasteiger partial charge in [0.25, 0.3) is 0 Å². The molecule has 1 fully saturated rings. The van der Waals surface area contributed by atoms with E-state index < -0.39 is 5.41 Å². The summed E-state index contributed by atoms with van der Waals surface area (Å²) in [6.45, 7) is 3.24. The van der Waals surface area contributed by atoms with E-state index in [9.17, 15) is 10.1 Å². The zero-order chi connectivity index (χ0) is 13.0. The smallest absolute Gasteiger partial charge is 0.241 e. The Balaban J connectivity index is 1.96. The maximum atomic E-state index is 12.1. The molecular formula is C12H15N3O2S. The second-order valence-corrected chi connectivity index (χ2v) is 5.31. The van der Waals surface area contributed by atoms with Gasteiger partial charge in [0.15, 0.2) is 0 Å². The molecule has 1 N–H and O–H groups in total. The van der Waals surface area contributed by atoms with E-state index in [1.807, 2.05) is 12.3 Å². The van der Waals surface area contributed by atoms with Crippen LogP contribution in [0.2, 0.25) is 0 Å². The number of nitriles is 1. The van der Waals surface area contributed by atoms with Crippen LogP contribution in [0.3, 0.4) is 0 Å². The van der Waals surface area contributed by atoms with E-state index >= 15 is 0 Å². The number of amides is 1. The van der Waals surface area contributed by atoms with Gasteiger partial charge >= 0.3 is 0 Å². The standard InChI is InChI=1S/C12H15N3O2S/c1-9-7-18-10(15-9)6-14-11(16)12(8-13)2-4-17-5-3-12/h7H,2-6H2,1H3,(H,14,16). The lowest BCUT2D eigenvalue weighted by Crippen LogP contribution is -2.43. The Labute approximate surface area is 110 Å². The fraction of sp³-hybridized carbons (Fsp3) is 0.583. The molecule has 0 aliphatic carbocycles. The first kappa shape index (κ1) is 13.0. The normalized spacial score (nSPS) is 18.0. The lowest BCUT2D eigenvalue weighted by Gasteiger charge is -2.29. The number of carbonyl (C=O) groups is 1. The molecule has 1 saturated heterocycles. The highest BCUT2D eigenvalue weighted by Gasteiger charge is 2.40. The van der Waals surface area contributed by atoms with Gasteiger partial charge in [-0.25, -0.2) is 4.98 Å². The lowest BCUT2D eigenvalue weighted by molar-refractivity contribution is -0.132. The molecule has 1 aromatic heterocycles. The number of carbonyl (C=O) groups excluding carboxylic acids is 1. The molecule has 6 heteroatoms. The Kier molecular flexibility index (Phi) is 3.94. The van der Waals surface area contributed by atoms with E-state index in [4.69, 9.17) is 4.74 Å². The Hall–Kier alpha value is -1.45. The first-order valence-electron chi connectivity index (χ1n) is 5.85. The monoisotopic (exact) mass is 265 g/mol. The molecule has 0 spiro atoms. The molecule has 2 rings (SSSR count). The Morgan fingerprint density at radius 2 is 2.39 bits per heavy atom. The average molecular weight is 265 g/mol. The third-order valence-electron chi connectivity index (χ3n) is 3.06. The summed E-state index contributed by atoms with van der Waals surface area (Å²) >= 11 is 1.51. The number of nitrogens with zero attached hydrogens (tertiary/aromatic N) is 2. The Morgan fingerprint density at radius 3 is 2.94 bits per heavy atom. The molecule has 1 aromatic rings. The highest BCUT2D eigenvalue weighted by atomic mass is 32.1. The highest BCUT2D eigenvalue weighted by Crippen LogP contribution is 2.29. The van der Waals surface area contributed by atoms with Crippen LogP contribution in [0.1, 0.15) is 23.5 Å². The molecule has 18 heavy (non-hydrogen) atoms. The van der Waals surface area contributed by atoms with Crippen LogP contribution in [0.4, 0.5) is 0 Å². The van der Waals surface area contributed by atoms with Gasteiger partial charge in [0.05, 0.1) is 12.6 Å². The largest absolute Gasteiger partial charge is 0.381 e. The maximum absolute atomic E-state index is 12.1. The molecular weight excluding hydrogens is 250 g/mol. The van der Waals surface area contributed by atoms with E-state index in [1.54, 1.807) is 0 Å². The van der Waals surface area contributed by atoms with Crippen molar-refractivity contribution in [1.29, 1.82) is 5.26 Å². The molecule has 0 radical (unpaired) electrons. The van der Waals surface area contributed by atoms with Crippen LogP contribution in [-0.4, -0.2) is 24.1 Å². The van der Waals surface area contributed by atoms with Crippen molar-refractivity contribution < 1.29 is 9.53 Å². The summed E-state index contributed by atoms with van der Waals surface area (Å²) in [5, 5.41) is 14.8. The van der Waals surface area contributed by atoms with E-state index in [0.29, 0.717) is 32.6 Å². The number of hydrogen-bond donors (Lipinski definition) is 1. The first-order valence-corrected chi connectivity index (χ1v) is 6.72. The number of nitrogens with one attached hydrogen (secondary N) is 1. The van der Waals surface area contributed by atoms with Crippen molar-refractivity contribution in [3.63, 3.8) is 0 Å². The summed E-state index contributed by atoms with van der Waals surface area (Å²) in [5.41, 5.74) is 0.0233. The predicted molar refractivity (Wildman–Crippen MR) is 66.8 cm³/mol. The minimum atomic E-state index is -0.926. The maximum Gasteiger partial charge on any atom is 0.241 e. The number of ether oxygens (including phenoxy) is 1. The van der Waals surface area contributed by atoms with Crippen molar-refractivity contribution in [2.75, 3.05) is 13.2 Å². The van der Waals surface area contributed by atoms with Crippen LogP contribution < -0.4 is 5.32 Å². The van der Waals surface area contributed by atoms with Crippen LogP contribution in [-0.2, 0) is 16.1 Å². The van der Waals surface area contributed by atoms with Gasteiger partial charge in [-0.1, -0.05) is 0 Å². The van der Waals surface area contributed by atoms with Crippen molar-refractivity contribution in [3.05, 3.63) is 16.1 Å². The Morgan fingerprint density at radius 1 is 1.67 bits per heavy atom. The third kappa shape index (κ3) is 2.68. The summed E-state index contributed by atoms with van der Waals surface area (Å²) in [6, 6.07) is 2.15. The number of hydrogen-bond acceptors (Lipinski definition) is 5. The summed E-state index contributed by atoms with van der Waals surface area (Å²) in [5.74, 6) is -0.207. The fourth-order valence-corrected chi connectivity index (χ4v) is 2.63. The van der Waals surface area contributed by atoms with Gasteiger partial charge in [-0.3, -0.25) is 4.79 Å². The second-order valence-electron chi connectivity index (χ2n) is 4.37. The van der Waals surface area contributed by atoms with E-state index in [-0.39, 0.29) is 5.91 Å². The van der Waals surface area contributed by atoms with Crippen LogP contribution >= 0.6 is 11.3 Å². The van der Waals surface area contributed by atoms with Crippen LogP contribution in [0.25, 0.3) is 0 Å². The number of rotatable bonds is 3. The van der Waals surface area contributed by atoms with Crippen molar-refractivity contribution in [2.24, 2.45) is 5.41 Å². The molecule has 1 aliphatic heterocycles. The zero-order valence-electron chi connectivity index (χ0n) is 10.2. The van der Waals surface area contributed by atoms with E-state index in [1.165, 1.54) is 11.3 Å². The van der Waals surface area contributed by atoms with Gasteiger partial charge in [-0.15, -0.1) is 11.3 Å². The molecule has 5 nitrogen and oxygen atoms in total. The Bertz CT molecular complexity index is 472. The topological polar surface area (TPSA) is 75.0 Å². The molecule has 0 aromatic carbocycles. The van der Waals surface area contributed by atoms with Crippen LogP contribution in [0.5, 0.6) is 0 Å². The molecule has 1 amide bonds. The minimum absolute atomic E-state index is 0.207. The van der Waals surface area contributed by atoms with Gasteiger partial charge in [0, 0.05) is 24.3 Å². The van der Waals surface area contributed by atoms with Crippen LogP contribution in [0.15, 0.2) is 5.38 Å². The van der Waals surface area contributed by atoms with Gasteiger partial charge in [0.1, 0.15) is 10.4 Å². The van der Waals surface area contributed by atoms with Crippen molar-refractivity contribution in [3.8, 4) is 6.07 Å². The second kappa shape index (κ2) is 5.46. The molecule has 0 saturated carbocycles. The summed E-state index contributed by atoms with van der Waals surface area (Å²) < 4.78 is 5.20. The van der Waals surface area contributed by atoms with Gasteiger partial charge in [-0.05, 0) is 19.8 Å². The molecule has 0 unspecified atom stereocenters. The van der Waals surface area contributed by atoms with E-state index in [0.717, 1.165) is 10.7 Å². The first-order chi connectivity index (χ1) is 8.66. The third-order valence-corrected chi connectivity index (χ3v) is 4.03. The zero-order valence-corrected chi connectivity index (χ0v) is 11.0. The van der Waals surface area contributed by atoms with Gasteiger partial charge in [-0.2, -0.15) is 5.26 Å². The average Bonchev–Trinajstić information content (AvgIpc) is 2.82. The molecule has 96 valence electrons. The SMILES string of the molecule is Cc1csc(CNC(=O)C2(C#N)CCOCC2)n1. The van der Waals surface area contributed by atoms with Crippen molar-refractivity contribution >= 4 is 17.2 Å². The van der Waals surface area contributed by atoms with Crippen molar-refractivity contribution in [2.45, 2.75) is 26.3 Å². The molecule has 0 bridgehead atoms. The summed E-state index contributed by atoms with van der Waals surface area (Å²) in [7, 11) is 0. The highest BCUT2D eigenvalue weighted by molar-refractivity contribution is 7.09. The summed E-state index contributed by atoms with van der Waals surface area (Å²) in [4.78, 5) is 16.4. The molecule has 2 heterocycles. The number of aromatic nitrogens is 1. The molecule has 1 aliphatic rings. The number of thiazole rings is 1. The fourth-order valence-electron chi connectivity index (χ4n) is 1.92. The number of aryl methyl sites for hydroxylation is 1. The minimum Gasteiger partial charge on any atom is -0.381 e. The van der Waals surface area contributed by atoms with Gasteiger partial charge < -0.3 is 10.1 Å².